The molecule has 198 valence electrons. The van der Waals surface area contributed by atoms with Crippen molar-refractivity contribution in [2.45, 2.75) is 25.2 Å². The van der Waals surface area contributed by atoms with Gasteiger partial charge in [0.1, 0.15) is 34.3 Å². The molecule has 0 amide bonds. The van der Waals surface area contributed by atoms with Gasteiger partial charge in [0.25, 0.3) is 0 Å². The van der Waals surface area contributed by atoms with Gasteiger partial charge in [0.15, 0.2) is 5.76 Å². The quantitative estimate of drug-likeness (QED) is 0.288. The zero-order chi connectivity index (χ0) is 27.0. The van der Waals surface area contributed by atoms with Gasteiger partial charge in [0.05, 0.1) is 31.8 Å². The van der Waals surface area contributed by atoms with Gasteiger partial charge in [-0.2, -0.15) is 0 Å². The van der Waals surface area contributed by atoms with Gasteiger partial charge in [-0.15, -0.1) is 10.2 Å². The Balaban J connectivity index is 1.59. The van der Waals surface area contributed by atoms with Crippen molar-refractivity contribution in [3.63, 3.8) is 0 Å². The molecular formula is C25H26N6O6S. The topological polar surface area (TPSA) is 146 Å². The molecule has 2 N–H and O–H groups in total. The number of aliphatic hydroxyl groups is 1. The molecule has 38 heavy (non-hydrogen) atoms. The summed E-state index contributed by atoms with van der Waals surface area (Å²) in [5, 5.41) is 18.1. The second kappa shape index (κ2) is 9.84. The lowest BCUT2D eigenvalue weighted by molar-refractivity contribution is 0.173. The molecule has 5 aromatic rings. The number of benzene rings is 1. The maximum absolute atomic E-state index is 13.5. The monoisotopic (exact) mass is 538 g/mol. The number of anilines is 1. The molecule has 5 rings (SSSR count). The number of para-hydroxylation sites is 1. The number of rotatable bonds is 9. The van der Waals surface area contributed by atoms with E-state index >= 15 is 0 Å². The number of nitrogens with zero attached hydrogens (tertiary/aromatic N) is 5. The SMILES string of the molecule is COc1cccc(OC)c1-n1c(NS(=O)(=O)[C@H](C)[C@@H](O)c2ncn3ccccc23)nnc1-c1ccc(C)o1. The zero-order valence-electron chi connectivity index (χ0n) is 21.1. The summed E-state index contributed by atoms with van der Waals surface area (Å²) in [6.45, 7) is 3.17. The predicted octanol–water partition coefficient (Wildman–Crippen LogP) is 3.36. The van der Waals surface area contributed by atoms with Crippen molar-refractivity contribution in [3.8, 4) is 28.8 Å². The van der Waals surface area contributed by atoms with Crippen molar-refractivity contribution in [2.24, 2.45) is 0 Å². The number of hydrogen-bond donors (Lipinski definition) is 2. The first kappa shape index (κ1) is 25.3. The van der Waals surface area contributed by atoms with Crippen molar-refractivity contribution in [2.75, 3.05) is 18.9 Å². The van der Waals surface area contributed by atoms with E-state index < -0.39 is 21.4 Å². The predicted molar refractivity (Wildman–Crippen MR) is 139 cm³/mol. The van der Waals surface area contributed by atoms with Crippen LogP contribution in [0.2, 0.25) is 0 Å². The van der Waals surface area contributed by atoms with Crippen LogP contribution in [0.5, 0.6) is 11.5 Å². The van der Waals surface area contributed by atoms with E-state index in [4.69, 9.17) is 13.9 Å². The highest BCUT2D eigenvalue weighted by Crippen LogP contribution is 2.38. The number of sulfonamides is 1. The molecule has 0 aliphatic rings. The summed E-state index contributed by atoms with van der Waals surface area (Å²) in [5.74, 6) is 1.81. The van der Waals surface area contributed by atoms with E-state index in [2.05, 4.69) is 19.9 Å². The molecule has 0 unspecified atom stereocenters. The third-order valence-corrected chi connectivity index (χ3v) is 7.87. The van der Waals surface area contributed by atoms with Crippen LogP contribution < -0.4 is 14.2 Å². The molecule has 0 bridgehead atoms. The molecule has 0 aliphatic carbocycles. The number of ether oxygens (including phenoxy) is 2. The Morgan fingerprint density at radius 3 is 2.42 bits per heavy atom. The molecule has 0 radical (unpaired) electrons. The van der Waals surface area contributed by atoms with Gasteiger partial charge in [-0.1, -0.05) is 12.1 Å². The van der Waals surface area contributed by atoms with Crippen LogP contribution in [0.4, 0.5) is 5.95 Å². The van der Waals surface area contributed by atoms with Crippen molar-refractivity contribution in [3.05, 3.63) is 72.5 Å². The van der Waals surface area contributed by atoms with Crippen molar-refractivity contribution < 1.29 is 27.4 Å². The van der Waals surface area contributed by atoms with E-state index in [1.54, 1.807) is 60.0 Å². The molecule has 1 aromatic carbocycles. The van der Waals surface area contributed by atoms with Gasteiger partial charge >= 0.3 is 0 Å². The standard InChI is InChI=1S/C25H26N6O6S/c1-15-11-12-20(37-15)24-27-28-25(31(24)22-18(35-3)9-7-10-19(22)36-4)29-38(33,34)16(2)23(32)21-17-8-5-6-13-30(17)14-26-21/h5-14,16,23,32H,1-4H3,(H,28,29)/t16-,23-/m1/s1. The van der Waals surface area contributed by atoms with Gasteiger partial charge in [-0.05, 0) is 50.2 Å². The highest BCUT2D eigenvalue weighted by Gasteiger charge is 2.34. The molecular weight excluding hydrogens is 512 g/mol. The van der Waals surface area contributed by atoms with Crippen LogP contribution in [-0.2, 0) is 10.0 Å². The number of hydrogen-bond acceptors (Lipinski definition) is 9. The molecule has 0 saturated heterocycles. The fraction of sp³-hybridized carbons (Fsp3) is 0.240. The van der Waals surface area contributed by atoms with E-state index in [0.717, 1.165) is 0 Å². The first-order valence-corrected chi connectivity index (χ1v) is 13.1. The number of aromatic nitrogens is 5. The Hall–Kier alpha value is -4.36. The molecule has 0 fully saturated rings. The summed E-state index contributed by atoms with van der Waals surface area (Å²) < 4.78 is 49.6. The maximum Gasteiger partial charge on any atom is 0.243 e. The fourth-order valence-electron chi connectivity index (χ4n) is 4.13. The van der Waals surface area contributed by atoms with Gasteiger partial charge in [-0.25, -0.2) is 13.4 Å². The van der Waals surface area contributed by atoms with Crippen LogP contribution in [0, 0.1) is 6.92 Å². The average Bonchev–Trinajstić information content (AvgIpc) is 3.65. The van der Waals surface area contributed by atoms with E-state index in [9.17, 15) is 13.5 Å². The van der Waals surface area contributed by atoms with Crippen LogP contribution >= 0.6 is 0 Å². The van der Waals surface area contributed by atoms with Crippen LogP contribution in [0.15, 0.2) is 65.5 Å². The summed E-state index contributed by atoms with van der Waals surface area (Å²) in [7, 11) is -1.26. The molecule has 12 nitrogen and oxygen atoms in total. The lowest BCUT2D eigenvalue weighted by Gasteiger charge is -2.20. The Morgan fingerprint density at radius 2 is 1.76 bits per heavy atom. The second-order valence-corrected chi connectivity index (χ2v) is 10.6. The first-order valence-electron chi connectivity index (χ1n) is 11.6. The number of fused-ring (bicyclic) bond motifs is 1. The lowest BCUT2D eigenvalue weighted by Crippen LogP contribution is -2.32. The summed E-state index contributed by atoms with van der Waals surface area (Å²) in [6.07, 6.45) is 1.85. The van der Waals surface area contributed by atoms with Crippen molar-refractivity contribution >= 4 is 21.5 Å². The molecule has 0 spiro atoms. The van der Waals surface area contributed by atoms with Crippen LogP contribution in [0.25, 0.3) is 22.8 Å². The van der Waals surface area contributed by atoms with Crippen molar-refractivity contribution in [1.29, 1.82) is 0 Å². The largest absolute Gasteiger partial charge is 0.494 e. The Kier molecular flexibility index (Phi) is 6.55. The minimum atomic E-state index is -4.23. The van der Waals surface area contributed by atoms with Gasteiger partial charge in [0.2, 0.25) is 21.8 Å². The van der Waals surface area contributed by atoms with E-state index in [1.807, 2.05) is 6.07 Å². The molecule has 13 heteroatoms. The number of pyridine rings is 1. The van der Waals surface area contributed by atoms with Crippen LogP contribution in [0.1, 0.15) is 24.5 Å². The number of imidazole rings is 1. The number of aliphatic hydroxyl groups excluding tert-OH is 1. The molecule has 0 saturated carbocycles. The summed E-state index contributed by atoms with van der Waals surface area (Å²) in [6, 6.07) is 13.9. The molecule has 4 heterocycles. The van der Waals surface area contributed by atoms with Gasteiger partial charge in [-0.3, -0.25) is 9.29 Å². The Morgan fingerprint density at radius 1 is 1.03 bits per heavy atom. The Labute approximate surface area is 218 Å². The molecule has 0 aliphatic heterocycles. The number of nitrogens with one attached hydrogen (secondary N) is 1. The van der Waals surface area contributed by atoms with E-state index in [-0.39, 0.29) is 17.5 Å². The zero-order valence-corrected chi connectivity index (χ0v) is 21.9. The lowest BCUT2D eigenvalue weighted by atomic mass is 10.2. The minimum Gasteiger partial charge on any atom is -0.494 e. The third-order valence-electron chi connectivity index (χ3n) is 6.17. The van der Waals surface area contributed by atoms with Gasteiger partial charge in [0, 0.05) is 6.20 Å². The van der Waals surface area contributed by atoms with Crippen LogP contribution in [0.3, 0.4) is 0 Å². The normalized spacial score (nSPS) is 13.4. The fourth-order valence-corrected chi connectivity index (χ4v) is 5.17. The number of aryl methyl sites for hydroxylation is 1. The van der Waals surface area contributed by atoms with E-state index in [0.29, 0.717) is 34.2 Å². The van der Waals surface area contributed by atoms with Gasteiger partial charge < -0.3 is 23.4 Å². The van der Waals surface area contributed by atoms with Crippen LogP contribution in [-0.4, -0.2) is 57.1 Å². The summed E-state index contributed by atoms with van der Waals surface area (Å²) in [5.41, 5.74) is 1.19. The number of methoxy groups -OCH3 is 2. The molecule has 2 atom stereocenters. The minimum absolute atomic E-state index is 0.148. The summed E-state index contributed by atoms with van der Waals surface area (Å²) >= 11 is 0. The highest BCUT2D eigenvalue weighted by atomic mass is 32.2. The molecule has 4 aromatic heterocycles. The highest BCUT2D eigenvalue weighted by molar-refractivity contribution is 7.93. The van der Waals surface area contributed by atoms with Crippen molar-refractivity contribution in [1.82, 2.24) is 24.1 Å². The first-order chi connectivity index (χ1) is 18.2. The summed E-state index contributed by atoms with van der Waals surface area (Å²) in [4.78, 5) is 4.24. The smallest absolute Gasteiger partial charge is 0.243 e. The number of furan rings is 1. The average molecular weight is 539 g/mol. The Bertz CT molecular complexity index is 1680. The second-order valence-electron chi connectivity index (χ2n) is 8.52. The maximum atomic E-state index is 13.5. The van der Waals surface area contributed by atoms with E-state index in [1.165, 1.54) is 32.0 Å². The third kappa shape index (κ3) is 4.35.